The molecule has 0 fully saturated rings. The smallest absolute Gasteiger partial charge is 0.870 e. The molecule has 0 saturated heterocycles. The minimum atomic E-state index is -3.47. The number of nitrogens with zero attached hydrogens (tertiary/aromatic N) is 1. The second kappa shape index (κ2) is 47.7. The van der Waals surface area contributed by atoms with Gasteiger partial charge >= 0.3 is 63.3 Å². The number of nitrogens with one attached hydrogen (secondary N) is 2. The van der Waals surface area contributed by atoms with Gasteiger partial charge in [-0.15, -0.1) is 0 Å². The number of methoxy groups -OCH3 is 2. The largest absolute Gasteiger partial charge is 1.00 e. The van der Waals surface area contributed by atoms with E-state index in [0.29, 0.717) is 55.0 Å². The SMILES string of the molecule is C.CCC(C)I.CCI.CCN(CC)CC.COC(=O)c1cc2c(cc1F)CCC(CS(=O)(=O)c1ccc(Cl)cc1)C2.COC(=O)c1cc2c(cc1F)CCC(NCl)C2.NO.O.O=C(NO)c1cc2c(cc1F)CCC(CS(=O)(=O)c1ccc(Cl)cc1)C2.[K+].[OH-]. The number of fused-ring (bicyclic) bond motifs is 3. The summed E-state index contributed by atoms with van der Waals surface area (Å²) in [5.41, 5.74) is 6.03. The van der Waals surface area contributed by atoms with Gasteiger partial charge in [0.05, 0.1) is 52.2 Å². The molecule has 17 nitrogen and oxygen atoms in total. The maximum atomic E-state index is 14.0. The molecule has 0 bridgehead atoms. The summed E-state index contributed by atoms with van der Waals surface area (Å²) in [6, 6.07) is 20.8. The van der Waals surface area contributed by atoms with E-state index in [0.717, 1.165) is 50.1 Å². The normalized spacial score (nSPS) is 15.1. The van der Waals surface area contributed by atoms with Gasteiger partial charge in [-0.1, -0.05) is 117 Å². The zero-order valence-corrected chi connectivity index (χ0v) is 62.9. The van der Waals surface area contributed by atoms with E-state index in [2.05, 4.69) is 112 Å². The average molecular weight is 1620 g/mol. The molecule has 0 aromatic heterocycles. The molecule has 9 N–H and O–H groups in total. The quantitative estimate of drug-likeness (QED) is 0.0131. The third-order valence-corrected chi connectivity index (χ3v) is 19.7. The minimum Gasteiger partial charge on any atom is -0.870 e. The zero-order chi connectivity index (χ0) is 64.9. The van der Waals surface area contributed by atoms with Crippen LogP contribution < -0.4 is 67.6 Å². The van der Waals surface area contributed by atoms with Crippen molar-refractivity contribution in [3.8, 4) is 0 Å². The van der Waals surface area contributed by atoms with Crippen LogP contribution in [-0.4, -0.2) is 121 Å². The molecule has 0 saturated carbocycles. The Kier molecular flexibility index (Phi) is 48.8. The number of carbonyl (C=O) groups is 3. The van der Waals surface area contributed by atoms with E-state index in [1.807, 2.05) is 0 Å². The van der Waals surface area contributed by atoms with Gasteiger partial charge in [-0.25, -0.2) is 55.8 Å². The fourth-order valence-corrected chi connectivity index (χ4v) is 13.1. The standard InChI is InChI=1S/C19H18ClFO4S.C18H17ClFNO4S.C12H13ClFNO2.C6H15N.C4H9I.C2H5I.CH4.K.H3NO.2H2O/c1-25-19(22)17-9-14-8-12(2-3-13(14)10-18(17)21)11-26(23,24)16-6-4-15(20)5-7-16;19-14-3-5-15(6-4-14)26(24,25)10-11-1-2-12-9-17(20)16(18(22)21-23)8-13(12)7-11;1-17-12(16)10-5-8-4-9(15-13)3-2-7(8)6-11(10)14;1-4-7(5-2)6-3;1-3-4(2)5;1-2-3;;;1-2;;/h4-7,9-10,12H,2-3,8,11H2,1H3;3-6,8-9,11,23H,1-2,7,10H2,(H,21,22);5-6,9,15H,2-4H2,1H3;4-6H2,1-3H3;4H,3H2,1-2H3;2H2,1H3;1H4;;2H,1H2;2*1H2/q;;;;;;;+1;;;/p-1. The Hall–Kier alpha value is -2.11. The molecular weight excluding hydrogens is 1530 g/mol. The van der Waals surface area contributed by atoms with Crippen molar-refractivity contribution in [1.29, 1.82) is 0 Å². The van der Waals surface area contributed by atoms with Crippen molar-refractivity contribution in [3.05, 3.63) is 162 Å². The van der Waals surface area contributed by atoms with E-state index in [1.165, 1.54) is 117 Å². The number of aryl methyl sites for hydroxylation is 3. The molecule has 4 unspecified atom stereocenters. The summed E-state index contributed by atoms with van der Waals surface area (Å²) in [7, 11) is -4.48. The van der Waals surface area contributed by atoms with Crippen molar-refractivity contribution in [1.82, 2.24) is 15.2 Å². The van der Waals surface area contributed by atoms with Crippen molar-refractivity contribution in [2.45, 2.75) is 133 Å². The van der Waals surface area contributed by atoms with Gasteiger partial charge in [-0.05, 0) is 230 Å². The van der Waals surface area contributed by atoms with Crippen molar-refractivity contribution >= 4 is 118 Å². The number of hydrogen-bond donors (Lipinski definition) is 5. The number of sulfone groups is 2. The van der Waals surface area contributed by atoms with Gasteiger partial charge < -0.3 is 30.5 Å². The van der Waals surface area contributed by atoms with Gasteiger partial charge in [0.25, 0.3) is 5.91 Å². The van der Waals surface area contributed by atoms with E-state index >= 15 is 0 Å². The van der Waals surface area contributed by atoms with Crippen LogP contribution in [0.3, 0.4) is 0 Å². The number of benzene rings is 5. The Labute approximate surface area is 615 Å². The number of alkyl halides is 2. The van der Waals surface area contributed by atoms with Crippen molar-refractivity contribution < 1.29 is 127 Å². The Morgan fingerprint density at radius 2 is 0.956 bits per heavy atom. The maximum Gasteiger partial charge on any atom is 1.00 e. The Balaban J connectivity index is -0.00000111. The molecule has 0 spiro atoms. The first-order chi connectivity index (χ1) is 40.8. The number of nitrogens with two attached hydrogens (primary N) is 1. The number of amides is 1. The molecule has 0 aliphatic heterocycles. The third-order valence-electron chi connectivity index (χ3n) is 14.2. The predicted molar refractivity (Wildman–Crippen MR) is 364 cm³/mol. The van der Waals surface area contributed by atoms with Crippen LogP contribution in [0.1, 0.15) is 139 Å². The van der Waals surface area contributed by atoms with Crippen molar-refractivity contribution in [2.24, 2.45) is 17.7 Å². The predicted octanol–water partition coefficient (Wildman–Crippen LogP) is 10.2. The van der Waals surface area contributed by atoms with Crippen molar-refractivity contribution in [2.75, 3.05) is 49.8 Å². The molecule has 0 radical (unpaired) electrons. The molecule has 4 atom stereocenters. The molecule has 3 aliphatic carbocycles. The van der Waals surface area contributed by atoms with Crippen LogP contribution in [0.5, 0.6) is 0 Å². The summed E-state index contributed by atoms with van der Waals surface area (Å²) in [6.07, 6.45) is 6.90. The second-order valence-electron chi connectivity index (χ2n) is 20.0. The zero-order valence-electron chi connectivity index (χ0n) is 51.6. The van der Waals surface area contributed by atoms with Gasteiger partial charge in [-0.2, -0.15) is 0 Å². The van der Waals surface area contributed by atoms with Gasteiger partial charge in [0.15, 0.2) is 19.7 Å². The van der Waals surface area contributed by atoms with E-state index in [1.54, 1.807) is 18.2 Å². The molecule has 3 aliphatic rings. The number of rotatable bonds is 14. The van der Waals surface area contributed by atoms with Crippen LogP contribution in [0, 0.1) is 29.3 Å². The van der Waals surface area contributed by atoms with E-state index in [4.69, 9.17) is 45.4 Å². The topological polar surface area (TPSA) is 293 Å². The molecule has 5 aromatic carbocycles. The summed E-state index contributed by atoms with van der Waals surface area (Å²) in [6.45, 7) is 16.6. The first-order valence-electron chi connectivity index (χ1n) is 27.8. The summed E-state index contributed by atoms with van der Waals surface area (Å²) < 4.78 is 103. The number of ether oxygens (including phenoxy) is 2. The average Bonchev–Trinajstić information content (AvgIpc) is 1.50. The molecular formula is C62H87Cl3F3I2KN4O13S2. The van der Waals surface area contributed by atoms with Gasteiger partial charge in [0, 0.05) is 20.0 Å². The third kappa shape index (κ3) is 30.3. The molecule has 0 heterocycles. The summed E-state index contributed by atoms with van der Waals surface area (Å²) >= 11 is 21.9. The van der Waals surface area contributed by atoms with Crippen LogP contribution in [0.15, 0.2) is 94.7 Å². The first kappa shape index (κ1) is 92.1. The maximum absolute atomic E-state index is 14.0. The minimum absolute atomic E-state index is 0. The van der Waals surface area contributed by atoms with Crippen LogP contribution in [0.25, 0.3) is 0 Å². The van der Waals surface area contributed by atoms with Crippen LogP contribution >= 0.6 is 80.2 Å². The number of esters is 2. The van der Waals surface area contributed by atoms with Crippen LogP contribution in [0.2, 0.25) is 10.0 Å². The fourth-order valence-electron chi connectivity index (χ4n) is 9.40. The molecule has 502 valence electrons. The first-order valence-corrected chi connectivity index (χ1v) is 35.1. The number of hydroxylamine groups is 1. The van der Waals surface area contributed by atoms with Crippen LogP contribution in [-0.2, 0) is 67.7 Å². The van der Waals surface area contributed by atoms with E-state index < -0.39 is 55.0 Å². The van der Waals surface area contributed by atoms with Crippen molar-refractivity contribution in [3.63, 3.8) is 0 Å². The fraction of sp³-hybridized carbons (Fsp3) is 0.468. The molecule has 5 aromatic rings. The molecule has 90 heavy (non-hydrogen) atoms. The number of carbonyl (C=O) groups excluding carboxylic acids is 3. The number of halogens is 8. The van der Waals surface area contributed by atoms with Crippen LogP contribution in [0.4, 0.5) is 13.2 Å². The molecule has 28 heteroatoms. The Morgan fingerprint density at radius 1 is 0.644 bits per heavy atom. The summed E-state index contributed by atoms with van der Waals surface area (Å²) in [4.78, 5) is 40.1. The van der Waals surface area contributed by atoms with E-state index in [9.17, 15) is 44.4 Å². The Morgan fingerprint density at radius 3 is 1.24 bits per heavy atom. The van der Waals surface area contributed by atoms with Gasteiger partial charge in [0.2, 0.25) is 0 Å². The summed E-state index contributed by atoms with van der Waals surface area (Å²) in [5.74, 6) is -0.920. The molecule has 8 rings (SSSR count). The Bertz CT molecular complexity index is 3020. The molecule has 1 amide bonds. The summed E-state index contributed by atoms with van der Waals surface area (Å²) in [5, 5.41) is 16.2. The number of hydrogen-bond acceptors (Lipinski definition) is 15. The van der Waals surface area contributed by atoms with Gasteiger partial charge in [0.1, 0.15) is 17.5 Å². The van der Waals surface area contributed by atoms with Gasteiger partial charge in [-0.3, -0.25) is 10.0 Å². The monoisotopic (exact) mass is 1610 g/mol. The van der Waals surface area contributed by atoms with E-state index in [-0.39, 0.29) is 126 Å². The second-order valence-corrected chi connectivity index (χ2v) is 28.9.